The molecule has 0 fully saturated rings. The van der Waals surface area contributed by atoms with Crippen molar-refractivity contribution >= 4 is 0 Å². The fraction of sp³-hybridized carbons (Fsp3) is 1.00. The van der Waals surface area contributed by atoms with E-state index in [-0.39, 0.29) is 0 Å². The third kappa shape index (κ3) is 6.91. The first-order chi connectivity index (χ1) is 6.91. The molecule has 0 aromatic carbocycles. The van der Waals surface area contributed by atoms with Crippen LogP contribution in [0.5, 0.6) is 0 Å². The molecule has 0 saturated heterocycles. The van der Waals surface area contributed by atoms with Crippen molar-refractivity contribution in [1.82, 2.24) is 5.32 Å². The zero-order valence-corrected chi connectivity index (χ0v) is 11.4. The lowest BCUT2D eigenvalue weighted by Gasteiger charge is -2.32. The van der Waals surface area contributed by atoms with Crippen LogP contribution in [0.1, 0.15) is 53.9 Å². The van der Waals surface area contributed by atoms with E-state index in [1.165, 1.54) is 12.8 Å². The number of hydrogen-bond acceptors (Lipinski definition) is 2. The van der Waals surface area contributed by atoms with Crippen LogP contribution < -0.4 is 5.32 Å². The summed E-state index contributed by atoms with van der Waals surface area (Å²) in [7, 11) is 1.79. The standard InChI is InChI=1S/C13H29NO/c1-7-10-14-12(13(3,4)5)9-8-11(2)15-6/h11-12,14H,7-10H2,1-6H3. The molecule has 0 aliphatic rings. The molecule has 2 unspecified atom stereocenters. The van der Waals surface area contributed by atoms with Crippen molar-refractivity contribution in [3.05, 3.63) is 0 Å². The highest BCUT2D eigenvalue weighted by atomic mass is 16.5. The van der Waals surface area contributed by atoms with Gasteiger partial charge in [-0.05, 0) is 38.1 Å². The van der Waals surface area contributed by atoms with Crippen molar-refractivity contribution in [2.75, 3.05) is 13.7 Å². The summed E-state index contributed by atoms with van der Waals surface area (Å²) in [5.74, 6) is 0. The summed E-state index contributed by atoms with van der Waals surface area (Å²) in [5.41, 5.74) is 0.336. The highest BCUT2D eigenvalue weighted by molar-refractivity contribution is 4.80. The molecule has 92 valence electrons. The van der Waals surface area contributed by atoms with Gasteiger partial charge < -0.3 is 10.1 Å². The van der Waals surface area contributed by atoms with E-state index in [0.717, 1.165) is 13.0 Å². The Morgan fingerprint density at radius 1 is 1.20 bits per heavy atom. The maximum atomic E-state index is 5.29. The van der Waals surface area contributed by atoms with Gasteiger partial charge in [-0.25, -0.2) is 0 Å². The van der Waals surface area contributed by atoms with Gasteiger partial charge in [-0.15, -0.1) is 0 Å². The van der Waals surface area contributed by atoms with Gasteiger partial charge in [0, 0.05) is 13.2 Å². The largest absolute Gasteiger partial charge is 0.382 e. The predicted molar refractivity (Wildman–Crippen MR) is 67.2 cm³/mol. The Kier molecular flexibility index (Phi) is 7.20. The molecule has 0 radical (unpaired) electrons. The first kappa shape index (κ1) is 14.9. The fourth-order valence-corrected chi connectivity index (χ4v) is 1.68. The van der Waals surface area contributed by atoms with Crippen molar-refractivity contribution < 1.29 is 4.74 Å². The van der Waals surface area contributed by atoms with Gasteiger partial charge in [0.25, 0.3) is 0 Å². The number of hydrogen-bond donors (Lipinski definition) is 1. The van der Waals surface area contributed by atoms with Crippen LogP contribution in [0.4, 0.5) is 0 Å². The molecular weight excluding hydrogens is 186 g/mol. The minimum absolute atomic E-state index is 0.336. The van der Waals surface area contributed by atoms with Crippen LogP contribution in [-0.4, -0.2) is 25.8 Å². The van der Waals surface area contributed by atoms with Crippen molar-refractivity contribution in [2.24, 2.45) is 5.41 Å². The van der Waals surface area contributed by atoms with E-state index < -0.39 is 0 Å². The summed E-state index contributed by atoms with van der Waals surface area (Å²) in [6.07, 6.45) is 3.90. The molecule has 2 heteroatoms. The van der Waals surface area contributed by atoms with Crippen LogP contribution in [0.2, 0.25) is 0 Å². The molecule has 0 bridgehead atoms. The van der Waals surface area contributed by atoms with Gasteiger partial charge in [-0.2, -0.15) is 0 Å². The van der Waals surface area contributed by atoms with E-state index in [1.807, 2.05) is 0 Å². The average molecular weight is 215 g/mol. The molecule has 2 atom stereocenters. The smallest absolute Gasteiger partial charge is 0.0543 e. The van der Waals surface area contributed by atoms with Gasteiger partial charge in [0.15, 0.2) is 0 Å². The Labute approximate surface area is 95.8 Å². The molecule has 0 saturated carbocycles. The van der Waals surface area contributed by atoms with E-state index in [9.17, 15) is 0 Å². The Bertz CT molecular complexity index is 151. The second kappa shape index (κ2) is 7.24. The zero-order valence-electron chi connectivity index (χ0n) is 11.4. The van der Waals surface area contributed by atoms with Gasteiger partial charge in [0.1, 0.15) is 0 Å². The maximum absolute atomic E-state index is 5.29. The van der Waals surface area contributed by atoms with Crippen LogP contribution in [0.15, 0.2) is 0 Å². The van der Waals surface area contributed by atoms with Crippen molar-refractivity contribution in [3.63, 3.8) is 0 Å². The van der Waals surface area contributed by atoms with Crippen molar-refractivity contribution in [3.8, 4) is 0 Å². The van der Waals surface area contributed by atoms with E-state index >= 15 is 0 Å². The molecule has 0 spiro atoms. The number of ether oxygens (including phenoxy) is 1. The van der Waals surface area contributed by atoms with Crippen LogP contribution in [0.3, 0.4) is 0 Å². The van der Waals surface area contributed by atoms with Crippen molar-refractivity contribution in [2.45, 2.75) is 66.0 Å². The van der Waals surface area contributed by atoms with Gasteiger partial charge in [-0.3, -0.25) is 0 Å². The summed E-state index contributed by atoms with van der Waals surface area (Å²) in [6.45, 7) is 12.4. The van der Waals surface area contributed by atoms with Gasteiger partial charge in [-0.1, -0.05) is 27.7 Å². The monoisotopic (exact) mass is 215 g/mol. The summed E-state index contributed by atoms with van der Waals surface area (Å²) in [6, 6.07) is 0.593. The number of nitrogens with one attached hydrogen (secondary N) is 1. The molecular formula is C13H29NO. The average Bonchev–Trinajstić information content (AvgIpc) is 2.15. The molecule has 0 rings (SSSR count). The highest BCUT2D eigenvalue weighted by Crippen LogP contribution is 2.23. The van der Waals surface area contributed by atoms with Crippen LogP contribution in [0, 0.1) is 5.41 Å². The summed E-state index contributed by atoms with van der Waals surface area (Å²) >= 11 is 0. The van der Waals surface area contributed by atoms with E-state index in [1.54, 1.807) is 7.11 Å². The molecule has 2 nitrogen and oxygen atoms in total. The third-order valence-corrected chi connectivity index (χ3v) is 2.95. The normalized spacial score (nSPS) is 16.4. The second-order valence-electron chi connectivity index (χ2n) is 5.50. The quantitative estimate of drug-likeness (QED) is 0.704. The van der Waals surface area contributed by atoms with Crippen LogP contribution in [0.25, 0.3) is 0 Å². The first-order valence-electron chi connectivity index (χ1n) is 6.18. The fourth-order valence-electron chi connectivity index (χ4n) is 1.68. The number of methoxy groups -OCH3 is 1. The van der Waals surface area contributed by atoms with Gasteiger partial charge >= 0.3 is 0 Å². The SMILES string of the molecule is CCCNC(CCC(C)OC)C(C)(C)C. The molecule has 0 aliphatic carbocycles. The molecule has 0 aromatic rings. The first-order valence-corrected chi connectivity index (χ1v) is 6.18. The minimum atomic E-state index is 0.336. The number of rotatable bonds is 7. The Balaban J connectivity index is 4.02. The Morgan fingerprint density at radius 3 is 2.20 bits per heavy atom. The van der Waals surface area contributed by atoms with Gasteiger partial charge in [0.05, 0.1) is 6.10 Å². The van der Waals surface area contributed by atoms with E-state index in [0.29, 0.717) is 17.6 Å². The van der Waals surface area contributed by atoms with E-state index in [4.69, 9.17) is 4.74 Å². The highest BCUT2D eigenvalue weighted by Gasteiger charge is 2.23. The summed E-state index contributed by atoms with van der Waals surface area (Å²) in [4.78, 5) is 0. The third-order valence-electron chi connectivity index (χ3n) is 2.95. The molecule has 0 aromatic heterocycles. The maximum Gasteiger partial charge on any atom is 0.0543 e. The Morgan fingerprint density at radius 2 is 1.80 bits per heavy atom. The molecule has 0 heterocycles. The Hall–Kier alpha value is -0.0800. The van der Waals surface area contributed by atoms with Gasteiger partial charge in [0.2, 0.25) is 0 Å². The van der Waals surface area contributed by atoms with E-state index in [2.05, 4.69) is 39.9 Å². The topological polar surface area (TPSA) is 21.3 Å². The second-order valence-corrected chi connectivity index (χ2v) is 5.50. The van der Waals surface area contributed by atoms with Crippen LogP contribution >= 0.6 is 0 Å². The molecule has 0 aliphatic heterocycles. The minimum Gasteiger partial charge on any atom is -0.382 e. The molecule has 0 amide bonds. The van der Waals surface area contributed by atoms with Crippen molar-refractivity contribution in [1.29, 1.82) is 0 Å². The van der Waals surface area contributed by atoms with Crippen LogP contribution in [-0.2, 0) is 4.74 Å². The molecule has 1 N–H and O–H groups in total. The summed E-state index contributed by atoms with van der Waals surface area (Å²) in [5, 5.41) is 3.63. The predicted octanol–water partition coefficient (Wildman–Crippen LogP) is 3.22. The molecule has 15 heavy (non-hydrogen) atoms. The zero-order chi connectivity index (χ0) is 11.9. The lowest BCUT2D eigenvalue weighted by molar-refractivity contribution is 0.0993. The summed E-state index contributed by atoms with van der Waals surface area (Å²) < 4.78 is 5.29. The lowest BCUT2D eigenvalue weighted by Crippen LogP contribution is -2.41. The lowest BCUT2D eigenvalue weighted by atomic mass is 9.83.